The molecule has 0 amide bonds. The van der Waals surface area contributed by atoms with Crippen molar-refractivity contribution in [2.45, 2.75) is 36.5 Å². The molecular weight excluding hydrogens is 305 g/mol. The van der Waals surface area contributed by atoms with E-state index in [1.807, 2.05) is 13.8 Å². The molecule has 0 heterocycles. The quantitative estimate of drug-likeness (QED) is 0.779. The van der Waals surface area contributed by atoms with Gasteiger partial charge in [-0.15, -0.1) is 3.89 Å². The van der Waals surface area contributed by atoms with Gasteiger partial charge in [0.1, 0.15) is 0 Å². The second-order valence-corrected chi connectivity index (χ2v) is 7.56. The zero-order valence-electron chi connectivity index (χ0n) is 11.3. The summed E-state index contributed by atoms with van der Waals surface area (Å²) in [6, 6.07) is 4.24. The van der Waals surface area contributed by atoms with Crippen molar-refractivity contribution in [2.75, 3.05) is 6.54 Å². The van der Waals surface area contributed by atoms with Crippen molar-refractivity contribution in [3.8, 4) is 0 Å². The van der Waals surface area contributed by atoms with Crippen LogP contribution in [0.25, 0.3) is 0 Å². The molecule has 1 N–H and O–H groups in total. The van der Waals surface area contributed by atoms with Gasteiger partial charge in [-0.3, -0.25) is 0 Å². The summed E-state index contributed by atoms with van der Waals surface area (Å²) in [4.78, 5) is -0.926. The molecule has 8 heteroatoms. The van der Waals surface area contributed by atoms with Crippen molar-refractivity contribution in [2.24, 2.45) is 5.92 Å². The monoisotopic (exact) mass is 323 g/mol. The van der Waals surface area contributed by atoms with E-state index < -0.39 is 25.1 Å². The Morgan fingerprint density at radius 2 is 1.65 bits per heavy atom. The van der Waals surface area contributed by atoms with Crippen LogP contribution in [0, 0.1) is 5.92 Å². The molecule has 20 heavy (non-hydrogen) atoms. The van der Waals surface area contributed by atoms with E-state index in [4.69, 9.17) is 0 Å². The summed E-state index contributed by atoms with van der Waals surface area (Å²) in [5.41, 5.74) is 0. The Kier molecular flexibility index (Phi) is 5.67. The molecule has 0 saturated heterocycles. The smallest absolute Gasteiger partial charge is 0.211 e. The van der Waals surface area contributed by atoms with Crippen LogP contribution >= 0.6 is 0 Å². The Balaban J connectivity index is 2.99. The number of hydrogen-bond acceptors (Lipinski definition) is 4. The third kappa shape index (κ3) is 4.53. The van der Waals surface area contributed by atoms with Crippen molar-refractivity contribution < 1.29 is 20.7 Å². The van der Waals surface area contributed by atoms with Crippen molar-refractivity contribution in [1.82, 2.24) is 4.72 Å². The number of benzene rings is 1. The molecule has 1 aromatic rings. The summed E-state index contributed by atoms with van der Waals surface area (Å²) in [7, 11) is -8.76. The molecule has 0 radical (unpaired) electrons. The van der Waals surface area contributed by atoms with E-state index in [2.05, 4.69) is 4.72 Å². The minimum absolute atomic E-state index is 0.206. The molecule has 0 atom stereocenters. The normalized spacial score (nSPS) is 12.8. The van der Waals surface area contributed by atoms with Crippen LogP contribution in [-0.4, -0.2) is 23.4 Å². The predicted molar refractivity (Wildman–Crippen MR) is 74.0 cm³/mol. The largest absolute Gasteiger partial charge is 0.332 e. The maximum Gasteiger partial charge on any atom is 0.332 e. The van der Waals surface area contributed by atoms with Crippen LogP contribution in [0.5, 0.6) is 0 Å². The van der Waals surface area contributed by atoms with Crippen LogP contribution in [0.3, 0.4) is 0 Å². The fourth-order valence-corrected chi connectivity index (χ4v) is 3.43. The molecule has 114 valence electrons. The lowest BCUT2D eigenvalue weighted by molar-refractivity contribution is 0.479. The van der Waals surface area contributed by atoms with Gasteiger partial charge in [0.2, 0.25) is 10.0 Å². The standard InChI is InChI=1S/C12H18FNO4S2/c1-3-10(4-2)9-14-20(17,18)12-7-5-6-11(8-12)19(13,15)16/h5-8,10,14H,3-4,9H2,1-2H3. The van der Waals surface area contributed by atoms with Crippen molar-refractivity contribution >= 4 is 20.2 Å². The summed E-state index contributed by atoms with van der Waals surface area (Å²) in [6.07, 6.45) is 1.66. The van der Waals surface area contributed by atoms with Crippen LogP contribution in [0.15, 0.2) is 34.1 Å². The summed E-state index contributed by atoms with van der Waals surface area (Å²) in [6.45, 7) is 4.18. The third-order valence-electron chi connectivity index (χ3n) is 3.11. The minimum Gasteiger partial charge on any atom is -0.211 e. The summed E-state index contributed by atoms with van der Waals surface area (Å²) in [5.74, 6) is 0.206. The average molecular weight is 323 g/mol. The summed E-state index contributed by atoms with van der Waals surface area (Å²) < 4.78 is 60.9. The minimum atomic E-state index is -4.92. The lowest BCUT2D eigenvalue weighted by Gasteiger charge is -2.13. The Hall–Kier alpha value is -0.990. The zero-order chi connectivity index (χ0) is 15.4. The van der Waals surface area contributed by atoms with Gasteiger partial charge in [0.15, 0.2) is 0 Å². The highest BCUT2D eigenvalue weighted by Gasteiger charge is 2.19. The number of rotatable bonds is 7. The van der Waals surface area contributed by atoms with E-state index in [1.165, 1.54) is 12.1 Å². The fourth-order valence-electron chi connectivity index (χ4n) is 1.68. The van der Waals surface area contributed by atoms with Gasteiger partial charge in [-0.25, -0.2) is 13.1 Å². The third-order valence-corrected chi connectivity index (χ3v) is 5.35. The van der Waals surface area contributed by atoms with E-state index in [1.54, 1.807) is 0 Å². The molecule has 1 aromatic carbocycles. The Morgan fingerprint density at radius 1 is 1.10 bits per heavy atom. The van der Waals surface area contributed by atoms with Crippen LogP contribution in [-0.2, 0) is 20.2 Å². The highest BCUT2D eigenvalue weighted by Crippen LogP contribution is 2.18. The molecule has 0 spiro atoms. The van der Waals surface area contributed by atoms with Crippen molar-refractivity contribution in [3.63, 3.8) is 0 Å². The molecule has 1 rings (SSSR count). The Bertz CT molecular complexity index is 652. The maximum absolute atomic E-state index is 12.9. The molecule has 0 bridgehead atoms. The molecule has 0 aromatic heterocycles. The number of halogens is 1. The molecular formula is C12H18FNO4S2. The van der Waals surface area contributed by atoms with Gasteiger partial charge in [-0.05, 0) is 24.1 Å². The summed E-state index contributed by atoms with van der Waals surface area (Å²) in [5, 5.41) is 0. The Labute approximate surface area is 119 Å². The van der Waals surface area contributed by atoms with Crippen LogP contribution < -0.4 is 4.72 Å². The summed E-state index contributed by atoms with van der Waals surface area (Å²) >= 11 is 0. The van der Waals surface area contributed by atoms with Gasteiger partial charge in [-0.1, -0.05) is 32.8 Å². The average Bonchev–Trinajstić information content (AvgIpc) is 2.39. The number of nitrogens with one attached hydrogen (secondary N) is 1. The molecule has 0 saturated carbocycles. The van der Waals surface area contributed by atoms with E-state index >= 15 is 0 Å². The SMILES string of the molecule is CCC(CC)CNS(=O)(=O)c1cccc(S(=O)(=O)F)c1. The highest BCUT2D eigenvalue weighted by atomic mass is 32.3. The van der Waals surface area contributed by atoms with E-state index in [0.29, 0.717) is 0 Å². The first-order valence-corrected chi connectivity index (χ1v) is 9.11. The van der Waals surface area contributed by atoms with Gasteiger partial charge in [-0.2, -0.15) is 8.42 Å². The molecule has 0 fully saturated rings. The van der Waals surface area contributed by atoms with Gasteiger partial charge in [0.25, 0.3) is 0 Å². The number of sulfonamides is 1. The lowest BCUT2D eigenvalue weighted by atomic mass is 10.0. The molecule has 5 nitrogen and oxygen atoms in total. The van der Waals surface area contributed by atoms with E-state index in [9.17, 15) is 20.7 Å². The zero-order valence-corrected chi connectivity index (χ0v) is 13.0. The van der Waals surface area contributed by atoms with Crippen molar-refractivity contribution in [3.05, 3.63) is 24.3 Å². The number of hydrogen-bond donors (Lipinski definition) is 1. The van der Waals surface area contributed by atoms with Gasteiger partial charge in [0, 0.05) is 6.54 Å². The predicted octanol–water partition coefficient (Wildman–Crippen LogP) is 2.06. The Morgan fingerprint density at radius 3 is 2.15 bits per heavy atom. The fraction of sp³-hybridized carbons (Fsp3) is 0.500. The van der Waals surface area contributed by atoms with Gasteiger partial charge in [0.05, 0.1) is 9.79 Å². The highest BCUT2D eigenvalue weighted by molar-refractivity contribution is 7.89. The lowest BCUT2D eigenvalue weighted by Crippen LogP contribution is -2.29. The van der Waals surface area contributed by atoms with Crippen LogP contribution in [0.1, 0.15) is 26.7 Å². The van der Waals surface area contributed by atoms with Gasteiger partial charge < -0.3 is 0 Å². The van der Waals surface area contributed by atoms with Crippen LogP contribution in [0.2, 0.25) is 0 Å². The van der Waals surface area contributed by atoms with E-state index in [0.717, 1.165) is 25.0 Å². The van der Waals surface area contributed by atoms with Gasteiger partial charge >= 0.3 is 10.2 Å². The first-order valence-electron chi connectivity index (χ1n) is 6.25. The van der Waals surface area contributed by atoms with Crippen molar-refractivity contribution in [1.29, 1.82) is 0 Å². The molecule has 0 unspecified atom stereocenters. The maximum atomic E-state index is 12.9. The second kappa shape index (κ2) is 6.64. The molecule has 0 aliphatic heterocycles. The molecule has 0 aliphatic rings. The van der Waals surface area contributed by atoms with E-state index in [-0.39, 0.29) is 17.4 Å². The van der Waals surface area contributed by atoms with Crippen LogP contribution in [0.4, 0.5) is 3.89 Å². The second-order valence-electron chi connectivity index (χ2n) is 4.45. The first-order chi connectivity index (χ1) is 9.20. The molecule has 0 aliphatic carbocycles. The first kappa shape index (κ1) is 17.1. The topological polar surface area (TPSA) is 80.3 Å².